The van der Waals surface area contributed by atoms with E-state index in [1.54, 1.807) is 24.3 Å². The van der Waals surface area contributed by atoms with E-state index < -0.39 is 5.91 Å². The van der Waals surface area contributed by atoms with Crippen molar-refractivity contribution < 1.29 is 18.7 Å². The van der Waals surface area contributed by atoms with Gasteiger partial charge in [-0.2, -0.15) is 0 Å². The van der Waals surface area contributed by atoms with Crippen LogP contribution in [0.3, 0.4) is 0 Å². The molecule has 2 N–H and O–H groups in total. The lowest BCUT2D eigenvalue weighted by Crippen LogP contribution is -2.41. The molecule has 0 fully saturated rings. The quantitative estimate of drug-likeness (QED) is 0.615. The molecule has 122 valence electrons. The van der Waals surface area contributed by atoms with Gasteiger partial charge >= 0.3 is 5.91 Å². The average Bonchev–Trinajstić information content (AvgIpc) is 3.05. The number of hydrogen-bond donors (Lipinski definition) is 2. The summed E-state index contributed by atoms with van der Waals surface area (Å²) in [5.74, 6) is -0.239. The molecule has 2 aromatic rings. The Bertz CT molecular complexity index is 674. The Morgan fingerprint density at radius 3 is 2.70 bits per heavy atom. The van der Waals surface area contributed by atoms with Crippen LogP contribution in [0.2, 0.25) is 10.0 Å². The van der Waals surface area contributed by atoms with Crippen LogP contribution in [-0.4, -0.2) is 18.4 Å². The van der Waals surface area contributed by atoms with Gasteiger partial charge < -0.3 is 9.15 Å². The molecule has 1 aromatic carbocycles. The number of hydrazine groups is 1. The van der Waals surface area contributed by atoms with E-state index in [1.165, 1.54) is 12.3 Å². The van der Waals surface area contributed by atoms with Gasteiger partial charge in [0.15, 0.2) is 5.76 Å². The number of halogens is 2. The maximum Gasteiger partial charge on any atom is 0.305 e. The van der Waals surface area contributed by atoms with Crippen molar-refractivity contribution in [2.45, 2.75) is 12.8 Å². The van der Waals surface area contributed by atoms with Crippen LogP contribution in [0.15, 0.2) is 41.0 Å². The molecule has 1 heterocycles. The first kappa shape index (κ1) is 17.2. The Balaban J connectivity index is 1.64. The Labute approximate surface area is 142 Å². The molecule has 0 atom stereocenters. The summed E-state index contributed by atoms with van der Waals surface area (Å²) >= 11 is 11.7. The Morgan fingerprint density at radius 2 is 2.00 bits per heavy atom. The van der Waals surface area contributed by atoms with Crippen LogP contribution in [0.25, 0.3) is 0 Å². The molecule has 8 heteroatoms. The third-order valence-electron chi connectivity index (χ3n) is 2.76. The smallest absolute Gasteiger partial charge is 0.305 e. The second-order valence-corrected chi connectivity index (χ2v) is 5.35. The zero-order valence-corrected chi connectivity index (χ0v) is 13.5. The topological polar surface area (TPSA) is 80.6 Å². The number of carbonyl (C=O) groups is 2. The van der Waals surface area contributed by atoms with E-state index in [-0.39, 0.29) is 18.1 Å². The first-order chi connectivity index (χ1) is 11.1. The monoisotopic (exact) mass is 356 g/mol. The fourth-order valence-electron chi connectivity index (χ4n) is 1.67. The molecule has 23 heavy (non-hydrogen) atoms. The summed E-state index contributed by atoms with van der Waals surface area (Å²) in [4.78, 5) is 23.1. The molecule has 1 aromatic heterocycles. The molecule has 2 amide bonds. The highest BCUT2D eigenvalue weighted by Crippen LogP contribution is 2.27. The summed E-state index contributed by atoms with van der Waals surface area (Å²) < 4.78 is 10.3. The first-order valence-corrected chi connectivity index (χ1v) is 7.52. The summed E-state index contributed by atoms with van der Waals surface area (Å²) in [6.07, 6.45) is 2.01. The first-order valence-electron chi connectivity index (χ1n) is 6.77. The van der Waals surface area contributed by atoms with Gasteiger partial charge in [-0.25, -0.2) is 0 Å². The van der Waals surface area contributed by atoms with Gasteiger partial charge in [0, 0.05) is 11.4 Å². The van der Waals surface area contributed by atoms with E-state index >= 15 is 0 Å². The lowest BCUT2D eigenvalue weighted by Gasteiger charge is -2.09. The molecule has 0 aliphatic rings. The fourth-order valence-corrected chi connectivity index (χ4v) is 2.13. The minimum Gasteiger partial charge on any atom is -0.492 e. The van der Waals surface area contributed by atoms with E-state index in [0.717, 1.165) is 0 Å². The number of hydrogen-bond acceptors (Lipinski definition) is 4. The number of furan rings is 1. The summed E-state index contributed by atoms with van der Waals surface area (Å²) in [7, 11) is 0. The van der Waals surface area contributed by atoms with Crippen molar-refractivity contribution in [1.29, 1.82) is 0 Å². The van der Waals surface area contributed by atoms with Crippen molar-refractivity contribution in [3.8, 4) is 5.75 Å². The van der Waals surface area contributed by atoms with Gasteiger partial charge in [-0.1, -0.05) is 23.2 Å². The number of nitrogens with one attached hydrogen (secondary N) is 2. The third-order valence-corrected chi connectivity index (χ3v) is 3.29. The summed E-state index contributed by atoms with van der Waals surface area (Å²) in [6, 6.07) is 7.98. The van der Waals surface area contributed by atoms with Crippen molar-refractivity contribution in [3.05, 3.63) is 52.4 Å². The van der Waals surface area contributed by atoms with Crippen LogP contribution in [0.5, 0.6) is 5.75 Å². The van der Waals surface area contributed by atoms with Gasteiger partial charge in [0.2, 0.25) is 5.91 Å². The Morgan fingerprint density at radius 1 is 1.17 bits per heavy atom. The largest absolute Gasteiger partial charge is 0.492 e. The van der Waals surface area contributed by atoms with Crippen LogP contribution in [0.1, 0.15) is 23.4 Å². The normalized spacial score (nSPS) is 10.2. The lowest BCUT2D eigenvalue weighted by molar-refractivity contribution is -0.122. The second-order valence-electron chi connectivity index (χ2n) is 4.51. The van der Waals surface area contributed by atoms with Crippen molar-refractivity contribution in [2.24, 2.45) is 0 Å². The SMILES string of the molecule is O=C(CCCOc1ccc(Cl)cc1Cl)NNC(=O)c1ccco1. The molecule has 6 nitrogen and oxygen atoms in total. The van der Waals surface area contributed by atoms with Crippen LogP contribution in [-0.2, 0) is 4.79 Å². The molecule has 0 spiro atoms. The molecule has 0 bridgehead atoms. The van der Waals surface area contributed by atoms with Crippen molar-refractivity contribution in [1.82, 2.24) is 10.9 Å². The minimum absolute atomic E-state index is 0.117. The van der Waals surface area contributed by atoms with Gasteiger partial charge in [0.25, 0.3) is 0 Å². The maximum atomic E-state index is 11.6. The van der Waals surface area contributed by atoms with E-state index in [0.29, 0.717) is 28.8 Å². The Hall–Kier alpha value is -2.18. The molecule has 0 saturated heterocycles. The highest BCUT2D eigenvalue weighted by atomic mass is 35.5. The predicted molar refractivity (Wildman–Crippen MR) is 85.5 cm³/mol. The highest BCUT2D eigenvalue weighted by Gasteiger charge is 2.09. The lowest BCUT2D eigenvalue weighted by atomic mass is 10.3. The minimum atomic E-state index is -0.521. The summed E-state index contributed by atoms with van der Waals surface area (Å²) in [5, 5.41) is 0.932. The number of benzene rings is 1. The van der Waals surface area contributed by atoms with E-state index in [9.17, 15) is 9.59 Å². The molecule has 0 aliphatic carbocycles. The van der Waals surface area contributed by atoms with E-state index in [2.05, 4.69) is 10.9 Å². The standard InChI is InChI=1S/C15H14Cl2N2O4/c16-10-5-6-12(11(17)9-10)22-8-2-4-14(20)18-19-15(21)13-3-1-7-23-13/h1,3,5-7,9H,2,4,8H2,(H,18,20)(H,19,21). The van der Waals surface area contributed by atoms with Crippen LogP contribution < -0.4 is 15.6 Å². The van der Waals surface area contributed by atoms with Gasteiger partial charge in [-0.05, 0) is 36.8 Å². The predicted octanol–water partition coefficient (Wildman–Crippen LogP) is 3.21. The number of rotatable bonds is 6. The molecule has 0 radical (unpaired) electrons. The number of amides is 2. The van der Waals surface area contributed by atoms with Gasteiger partial charge in [-0.3, -0.25) is 20.4 Å². The van der Waals surface area contributed by atoms with Gasteiger partial charge in [0.05, 0.1) is 17.9 Å². The van der Waals surface area contributed by atoms with Crippen molar-refractivity contribution >= 4 is 35.0 Å². The van der Waals surface area contributed by atoms with Crippen LogP contribution in [0.4, 0.5) is 0 Å². The number of ether oxygens (including phenoxy) is 1. The fraction of sp³-hybridized carbons (Fsp3) is 0.200. The van der Waals surface area contributed by atoms with Gasteiger partial charge in [-0.15, -0.1) is 0 Å². The summed E-state index contributed by atoms with van der Waals surface area (Å²) in [6.45, 7) is 0.306. The maximum absolute atomic E-state index is 11.6. The second kappa shape index (κ2) is 8.45. The number of carbonyl (C=O) groups excluding carboxylic acids is 2. The van der Waals surface area contributed by atoms with E-state index in [1.807, 2.05) is 0 Å². The molecule has 0 saturated carbocycles. The zero-order chi connectivity index (χ0) is 16.7. The molecule has 0 aliphatic heterocycles. The molecule has 2 rings (SSSR count). The van der Waals surface area contributed by atoms with Crippen LogP contribution >= 0.6 is 23.2 Å². The Kier molecular flexibility index (Phi) is 6.31. The van der Waals surface area contributed by atoms with Gasteiger partial charge in [0.1, 0.15) is 5.75 Å². The van der Waals surface area contributed by atoms with Crippen molar-refractivity contribution in [2.75, 3.05) is 6.61 Å². The van der Waals surface area contributed by atoms with E-state index in [4.69, 9.17) is 32.4 Å². The average molecular weight is 357 g/mol. The molecular weight excluding hydrogens is 343 g/mol. The zero-order valence-electron chi connectivity index (χ0n) is 12.0. The molecular formula is C15H14Cl2N2O4. The van der Waals surface area contributed by atoms with Crippen LogP contribution in [0, 0.1) is 0 Å². The summed E-state index contributed by atoms with van der Waals surface area (Å²) in [5.41, 5.74) is 4.54. The molecule has 0 unspecified atom stereocenters. The highest BCUT2D eigenvalue weighted by molar-refractivity contribution is 6.35. The van der Waals surface area contributed by atoms with Crippen molar-refractivity contribution in [3.63, 3.8) is 0 Å². The third kappa shape index (κ3) is 5.50.